The first-order valence-electron chi connectivity index (χ1n) is 20.4. The van der Waals surface area contributed by atoms with Gasteiger partial charge in [-0.2, -0.15) is 5.10 Å². The maximum atomic E-state index is 15.4. The summed E-state index contributed by atoms with van der Waals surface area (Å²) in [7, 11) is 0. The zero-order valence-corrected chi connectivity index (χ0v) is 32.7. The van der Waals surface area contributed by atoms with Gasteiger partial charge in [-0.05, 0) is 140 Å². The highest BCUT2D eigenvalue weighted by Crippen LogP contribution is 2.42. The lowest BCUT2D eigenvalue weighted by Gasteiger charge is -2.36. The molecule has 0 radical (unpaired) electrons. The fraction of sp³-hybridized carbons (Fsp3) is 0.581. The van der Waals surface area contributed by atoms with Gasteiger partial charge in [0.25, 0.3) is 5.91 Å². The zero-order valence-electron chi connectivity index (χ0n) is 32.7. The van der Waals surface area contributed by atoms with E-state index >= 15 is 4.39 Å². The quantitative estimate of drug-likeness (QED) is 0.206. The molecule has 2 saturated carbocycles. The third-order valence-corrected chi connectivity index (χ3v) is 12.2. The number of ether oxygens (including phenoxy) is 1. The molecule has 3 aromatic heterocycles. The Bertz CT molecular complexity index is 2100. The molecule has 55 heavy (non-hydrogen) atoms. The van der Waals surface area contributed by atoms with E-state index in [1.54, 1.807) is 27.7 Å². The largest absolute Gasteiger partial charge is 0.444 e. The molecule has 4 fully saturated rings. The van der Waals surface area contributed by atoms with E-state index in [1.165, 1.54) is 0 Å². The number of nitrogens with zero attached hydrogens (tertiary/aromatic N) is 5. The molecule has 1 aromatic carbocycles. The molecule has 11 nitrogen and oxygen atoms in total. The summed E-state index contributed by atoms with van der Waals surface area (Å²) >= 11 is 0. The van der Waals surface area contributed by atoms with Crippen molar-refractivity contribution in [2.24, 2.45) is 11.8 Å². The van der Waals surface area contributed by atoms with Gasteiger partial charge in [0.15, 0.2) is 0 Å². The van der Waals surface area contributed by atoms with E-state index in [9.17, 15) is 19.5 Å². The molecule has 0 spiro atoms. The number of benzene rings is 1. The Labute approximate surface area is 322 Å². The van der Waals surface area contributed by atoms with Gasteiger partial charge in [0.1, 0.15) is 17.1 Å². The molecule has 294 valence electrons. The smallest absolute Gasteiger partial charge is 0.407 e. The van der Waals surface area contributed by atoms with E-state index in [1.807, 2.05) is 37.8 Å². The lowest BCUT2D eigenvalue weighted by molar-refractivity contribution is -0.138. The summed E-state index contributed by atoms with van der Waals surface area (Å²) in [5, 5.41) is 18.8. The number of carbonyl (C=O) groups is 3. The van der Waals surface area contributed by atoms with E-state index in [0.717, 1.165) is 96.8 Å². The fourth-order valence-electron chi connectivity index (χ4n) is 9.14. The predicted molar refractivity (Wildman–Crippen MR) is 208 cm³/mol. The van der Waals surface area contributed by atoms with Crippen LogP contribution in [0.5, 0.6) is 0 Å². The van der Waals surface area contributed by atoms with Crippen molar-refractivity contribution in [3.8, 4) is 11.4 Å². The number of nitrogens with one attached hydrogen (secondary N) is 1. The fourth-order valence-corrected chi connectivity index (χ4v) is 9.14. The number of piperidine rings is 2. The Morgan fingerprint density at radius 2 is 1.69 bits per heavy atom. The lowest BCUT2D eigenvalue weighted by atomic mass is 9.84. The van der Waals surface area contributed by atoms with Crippen LogP contribution < -0.4 is 5.32 Å². The Hall–Kier alpha value is -4.45. The van der Waals surface area contributed by atoms with Gasteiger partial charge in [-0.15, -0.1) is 0 Å². The summed E-state index contributed by atoms with van der Waals surface area (Å²) < 4.78 is 25.0. The van der Waals surface area contributed by atoms with E-state index in [-0.39, 0.29) is 41.6 Å². The van der Waals surface area contributed by atoms with Crippen molar-refractivity contribution >= 4 is 34.3 Å². The minimum absolute atomic E-state index is 0.00716. The molecular formula is C43H55FN6O5. The average Bonchev–Trinajstić information content (AvgIpc) is 3.83. The molecule has 5 heterocycles. The van der Waals surface area contributed by atoms with Gasteiger partial charge in [0, 0.05) is 61.8 Å². The highest BCUT2D eigenvalue weighted by molar-refractivity contribution is 5.95. The van der Waals surface area contributed by atoms with Crippen LogP contribution in [0.4, 0.5) is 9.18 Å². The van der Waals surface area contributed by atoms with Gasteiger partial charge < -0.3 is 29.5 Å². The van der Waals surface area contributed by atoms with Crippen LogP contribution >= 0.6 is 0 Å². The van der Waals surface area contributed by atoms with Crippen LogP contribution in [0.1, 0.15) is 112 Å². The van der Waals surface area contributed by atoms with Crippen LogP contribution in [0, 0.1) is 24.6 Å². The number of aryl methyl sites for hydroxylation is 1. The van der Waals surface area contributed by atoms with Crippen LogP contribution in [0.3, 0.4) is 0 Å². The highest BCUT2D eigenvalue weighted by Gasteiger charge is 2.34. The highest BCUT2D eigenvalue weighted by atomic mass is 19.1. The number of halogens is 1. The van der Waals surface area contributed by atoms with Gasteiger partial charge in [-0.25, -0.2) is 13.7 Å². The minimum atomic E-state index is -0.600. The first kappa shape index (κ1) is 37.5. The van der Waals surface area contributed by atoms with Crippen molar-refractivity contribution in [2.45, 2.75) is 122 Å². The monoisotopic (exact) mass is 754 g/mol. The molecule has 1 atom stereocenters. The number of fused-ring (bicyclic) bond motifs is 2. The number of aromatic nitrogens is 3. The topological polar surface area (TPSA) is 121 Å². The Balaban J connectivity index is 1.05. The minimum Gasteiger partial charge on any atom is -0.444 e. The van der Waals surface area contributed by atoms with Crippen LogP contribution in [-0.2, 0) is 16.1 Å². The van der Waals surface area contributed by atoms with E-state index < -0.39 is 11.7 Å². The normalized spacial score (nSPS) is 22.7. The van der Waals surface area contributed by atoms with Crippen molar-refractivity contribution in [1.29, 1.82) is 0 Å². The number of amides is 3. The molecule has 12 heteroatoms. The number of carbonyl (C=O) groups excluding carboxylic acids is 3. The first-order chi connectivity index (χ1) is 26.3. The van der Waals surface area contributed by atoms with E-state index in [0.29, 0.717) is 50.5 Å². The molecule has 4 aromatic rings. The van der Waals surface area contributed by atoms with Gasteiger partial charge in [0.2, 0.25) is 5.91 Å². The Morgan fingerprint density at radius 3 is 2.40 bits per heavy atom. The maximum Gasteiger partial charge on any atom is 0.407 e. The number of hydrogen-bond donors (Lipinski definition) is 2. The Kier molecular flexibility index (Phi) is 10.1. The summed E-state index contributed by atoms with van der Waals surface area (Å²) in [4.78, 5) is 43.4. The molecule has 2 aliphatic carbocycles. The summed E-state index contributed by atoms with van der Waals surface area (Å²) in [6.07, 6.45) is 9.33. The van der Waals surface area contributed by atoms with Gasteiger partial charge in [-0.1, -0.05) is 0 Å². The molecule has 2 aliphatic heterocycles. The third-order valence-electron chi connectivity index (χ3n) is 12.2. The van der Waals surface area contributed by atoms with Crippen molar-refractivity contribution in [2.75, 3.05) is 26.2 Å². The number of likely N-dealkylation sites (tertiary alicyclic amines) is 2. The number of rotatable bonds is 7. The van der Waals surface area contributed by atoms with Crippen LogP contribution in [0.25, 0.3) is 27.8 Å². The molecule has 0 bridgehead atoms. The van der Waals surface area contributed by atoms with Crippen LogP contribution in [0.15, 0.2) is 36.5 Å². The van der Waals surface area contributed by atoms with E-state index in [4.69, 9.17) is 9.84 Å². The molecule has 4 aliphatic rings. The summed E-state index contributed by atoms with van der Waals surface area (Å²) in [6.45, 7) is 10.7. The van der Waals surface area contributed by atoms with Crippen molar-refractivity contribution in [1.82, 2.24) is 29.3 Å². The predicted octanol–water partition coefficient (Wildman–Crippen LogP) is 7.20. The number of alkyl carbamates (subject to hydrolysis) is 1. The van der Waals surface area contributed by atoms with Crippen molar-refractivity contribution in [3.63, 3.8) is 0 Å². The zero-order chi connectivity index (χ0) is 38.6. The van der Waals surface area contributed by atoms with Gasteiger partial charge in [-0.3, -0.25) is 9.59 Å². The van der Waals surface area contributed by atoms with Gasteiger partial charge >= 0.3 is 6.09 Å². The SMILES string of the molecule is Cc1c(-c2cc3cc(F)cc(C4CCN(C(=O)C5CCC(O)CC5)CC4)c3n2CC2CC2)nn2cc(C(=O)N3CCC[C@@H](NC(=O)OC(C)(C)C)C3)ccc12. The number of pyridine rings is 1. The van der Waals surface area contributed by atoms with Crippen LogP contribution in [-0.4, -0.2) is 90.9 Å². The van der Waals surface area contributed by atoms with Gasteiger partial charge in [0.05, 0.1) is 28.4 Å². The molecule has 2 N–H and O–H groups in total. The van der Waals surface area contributed by atoms with E-state index in [2.05, 4.69) is 22.9 Å². The molecule has 2 saturated heterocycles. The second kappa shape index (κ2) is 14.9. The molecule has 3 amide bonds. The van der Waals surface area contributed by atoms with Crippen molar-refractivity contribution in [3.05, 3.63) is 59.0 Å². The summed E-state index contributed by atoms with van der Waals surface area (Å²) in [5.74, 6) is 0.513. The average molecular weight is 755 g/mol. The second-order valence-electron chi connectivity index (χ2n) is 17.6. The molecule has 0 unspecified atom stereocenters. The summed E-state index contributed by atoms with van der Waals surface area (Å²) in [6, 6.07) is 9.03. The molecular weight excluding hydrogens is 700 g/mol. The third kappa shape index (κ3) is 7.97. The Morgan fingerprint density at radius 1 is 0.945 bits per heavy atom. The maximum absolute atomic E-state index is 15.4. The number of hydrogen-bond acceptors (Lipinski definition) is 6. The van der Waals surface area contributed by atoms with Crippen LogP contribution in [0.2, 0.25) is 0 Å². The second-order valence-corrected chi connectivity index (χ2v) is 17.6. The first-order valence-corrected chi connectivity index (χ1v) is 20.4. The number of aliphatic hydroxyl groups excluding tert-OH is 1. The lowest BCUT2D eigenvalue weighted by Crippen LogP contribution is -2.50. The van der Waals surface area contributed by atoms with Crippen molar-refractivity contribution < 1.29 is 28.6 Å². The standard InChI is InChI=1S/C43H55FN6O5/c1-26-36-14-11-30(41(53)48-17-5-6-33(25-48)45-42(54)55-43(2,3)4)24-50(36)46-38(26)37-21-31-20-32(44)22-35(39(31)49(37)23-27-7-8-27)28-15-18-47(19-16-28)40(52)29-9-12-34(51)13-10-29/h11,14,20-22,24,27-29,33-34,51H,5-10,12-13,15-19,23,25H2,1-4H3,(H,45,54)/t29?,33-,34?/m1/s1. The molecule has 8 rings (SSSR count). The summed E-state index contributed by atoms with van der Waals surface area (Å²) in [5.41, 5.74) is 5.63. The number of aliphatic hydroxyl groups is 1.